The number of carbonyl (C=O) groups excluding carboxylic acids is 1. The molecule has 2 aromatic carbocycles. The van der Waals surface area contributed by atoms with Crippen LogP contribution < -0.4 is 0 Å². The molecule has 0 radical (unpaired) electrons. The van der Waals surface area contributed by atoms with Gasteiger partial charge in [0.1, 0.15) is 17.9 Å². The number of carbonyl (C=O) groups is 1. The Morgan fingerprint density at radius 2 is 1.96 bits per heavy atom. The van der Waals surface area contributed by atoms with E-state index in [4.69, 9.17) is 19.0 Å². The Labute approximate surface area is 158 Å². The van der Waals surface area contributed by atoms with Crippen molar-refractivity contribution >= 4 is 17.3 Å². The number of ether oxygens (including phenoxy) is 3. The van der Waals surface area contributed by atoms with Gasteiger partial charge in [-0.1, -0.05) is 47.6 Å². The Kier molecular flexibility index (Phi) is 6.22. The smallest absolute Gasteiger partial charge is 0.341 e. The molecule has 0 fully saturated rings. The molecule has 0 N–H and O–H groups in total. The third-order valence-electron chi connectivity index (χ3n) is 4.12. The van der Waals surface area contributed by atoms with Crippen molar-refractivity contribution in [3.8, 4) is 0 Å². The van der Waals surface area contributed by atoms with Crippen molar-refractivity contribution in [2.45, 2.75) is 13.2 Å². The molecule has 0 saturated carbocycles. The van der Waals surface area contributed by atoms with Crippen LogP contribution in [0.2, 0.25) is 0 Å². The topological polar surface area (TPSA) is 66.4 Å². The first kappa shape index (κ1) is 18.7. The lowest BCUT2D eigenvalue weighted by atomic mass is 9.96. The highest BCUT2D eigenvalue weighted by Gasteiger charge is 2.20. The van der Waals surface area contributed by atoms with Crippen LogP contribution in [0.15, 0.2) is 59.9 Å². The quantitative estimate of drug-likeness (QED) is 0.339. The number of benzene rings is 2. The fraction of sp³-hybridized carbons (Fsp3) is 0.238. The molecule has 0 aliphatic carbocycles. The van der Waals surface area contributed by atoms with Crippen LogP contribution in [0.4, 0.5) is 0 Å². The second kappa shape index (κ2) is 9.00. The van der Waals surface area contributed by atoms with E-state index in [1.54, 1.807) is 0 Å². The van der Waals surface area contributed by atoms with Gasteiger partial charge in [-0.2, -0.15) is 0 Å². The Morgan fingerprint density at radius 3 is 2.70 bits per heavy atom. The van der Waals surface area contributed by atoms with E-state index in [9.17, 15) is 4.79 Å². The number of methoxy groups -OCH3 is 2. The number of hydrogen-bond acceptors (Lipinski definition) is 6. The Balaban J connectivity index is 1.86. The molecule has 0 aromatic heterocycles. The molecular weight excluding hydrogens is 346 g/mol. The molecule has 140 valence electrons. The van der Waals surface area contributed by atoms with Gasteiger partial charge in [0.05, 0.1) is 33.7 Å². The summed E-state index contributed by atoms with van der Waals surface area (Å²) in [5.41, 5.74) is 4.59. The molecule has 2 aromatic rings. The predicted octanol–water partition coefficient (Wildman–Crippen LogP) is 3.30. The van der Waals surface area contributed by atoms with E-state index in [-0.39, 0.29) is 0 Å². The average molecular weight is 367 g/mol. The highest BCUT2D eigenvalue weighted by atomic mass is 16.6. The first-order chi connectivity index (χ1) is 13.2. The molecule has 27 heavy (non-hydrogen) atoms. The maximum atomic E-state index is 12.0. The van der Waals surface area contributed by atoms with Gasteiger partial charge >= 0.3 is 5.97 Å². The van der Waals surface area contributed by atoms with Gasteiger partial charge in [-0.15, -0.1) is 0 Å². The van der Waals surface area contributed by atoms with Crippen LogP contribution in [0.25, 0.3) is 5.57 Å². The normalized spacial score (nSPS) is 15.2. The van der Waals surface area contributed by atoms with Gasteiger partial charge in [-0.05, 0) is 22.8 Å². The second-order valence-electron chi connectivity index (χ2n) is 5.92. The molecule has 0 atom stereocenters. The maximum absolute atomic E-state index is 12.0. The van der Waals surface area contributed by atoms with E-state index in [1.807, 2.05) is 48.5 Å². The Hall–Kier alpha value is -3.12. The first-order valence-corrected chi connectivity index (χ1v) is 8.48. The molecule has 6 nitrogen and oxygen atoms in total. The summed E-state index contributed by atoms with van der Waals surface area (Å²) < 4.78 is 15.4. The van der Waals surface area contributed by atoms with E-state index < -0.39 is 5.97 Å². The van der Waals surface area contributed by atoms with Crippen molar-refractivity contribution in [3.05, 3.63) is 77.0 Å². The minimum atomic E-state index is -0.470. The number of esters is 1. The summed E-state index contributed by atoms with van der Waals surface area (Å²) in [7, 11) is 2.82. The van der Waals surface area contributed by atoms with Gasteiger partial charge in [0.25, 0.3) is 0 Å². The molecule has 3 rings (SSSR count). The van der Waals surface area contributed by atoms with Crippen molar-refractivity contribution < 1.29 is 23.8 Å². The minimum Gasteiger partial charge on any atom is -0.503 e. The summed E-state index contributed by atoms with van der Waals surface area (Å²) in [4.78, 5) is 17.5. The Bertz CT molecular complexity index is 858. The van der Waals surface area contributed by atoms with Gasteiger partial charge in [0.2, 0.25) is 0 Å². The highest BCUT2D eigenvalue weighted by molar-refractivity contribution is 6.16. The van der Waals surface area contributed by atoms with Crippen LogP contribution in [0.5, 0.6) is 0 Å². The van der Waals surface area contributed by atoms with Gasteiger partial charge in [-0.25, -0.2) is 4.79 Å². The van der Waals surface area contributed by atoms with Crippen LogP contribution >= 0.6 is 0 Å². The number of rotatable bonds is 6. The summed E-state index contributed by atoms with van der Waals surface area (Å²) in [6.45, 7) is 1.19. The molecule has 1 heterocycles. The minimum absolute atomic E-state index is 0.332. The summed E-state index contributed by atoms with van der Waals surface area (Å²) in [5, 5.41) is 4.26. The molecule has 0 unspecified atom stereocenters. The number of nitrogens with zero attached hydrogens (tertiary/aromatic N) is 1. The molecule has 6 heteroatoms. The third-order valence-corrected chi connectivity index (χ3v) is 4.12. The number of fused-ring (bicyclic) bond motifs is 1. The zero-order valence-corrected chi connectivity index (χ0v) is 15.3. The third kappa shape index (κ3) is 4.54. The van der Waals surface area contributed by atoms with Crippen molar-refractivity contribution in [2.24, 2.45) is 5.16 Å². The lowest BCUT2D eigenvalue weighted by Gasteiger charge is -2.19. The van der Waals surface area contributed by atoms with Crippen molar-refractivity contribution in [1.29, 1.82) is 0 Å². The fourth-order valence-electron chi connectivity index (χ4n) is 2.77. The predicted molar refractivity (Wildman–Crippen MR) is 101 cm³/mol. The SMILES string of the molecule is CO/C=C(/C(=O)OC)c1ccc2c(c1)/C(=N/OCc1ccccc1)COC2. The van der Waals surface area contributed by atoms with Crippen molar-refractivity contribution in [1.82, 2.24) is 0 Å². The summed E-state index contributed by atoms with van der Waals surface area (Å²) in [5.74, 6) is -0.470. The highest BCUT2D eigenvalue weighted by Crippen LogP contribution is 2.24. The van der Waals surface area contributed by atoms with E-state index >= 15 is 0 Å². The zero-order valence-electron chi connectivity index (χ0n) is 15.3. The van der Waals surface area contributed by atoms with Gasteiger partial charge in [0, 0.05) is 5.56 Å². The standard InChI is InChI=1S/C21H21NO5/c1-24-13-19(21(23)25-2)16-8-9-17-12-26-14-20(18(17)10-16)22-27-11-15-6-4-3-5-7-15/h3-10,13H,11-12,14H2,1-2H3/b19-13+,22-20+. The largest absolute Gasteiger partial charge is 0.503 e. The van der Waals surface area contributed by atoms with E-state index in [2.05, 4.69) is 5.16 Å². The number of oxime groups is 1. The summed E-state index contributed by atoms with van der Waals surface area (Å²) in [6, 6.07) is 15.4. The monoisotopic (exact) mass is 367 g/mol. The van der Waals surface area contributed by atoms with E-state index in [1.165, 1.54) is 20.5 Å². The van der Waals surface area contributed by atoms with Crippen LogP contribution in [0.3, 0.4) is 0 Å². The molecule has 1 aliphatic heterocycles. The first-order valence-electron chi connectivity index (χ1n) is 8.48. The maximum Gasteiger partial charge on any atom is 0.341 e. The molecule has 0 bridgehead atoms. The van der Waals surface area contributed by atoms with Crippen LogP contribution in [-0.4, -0.2) is 32.5 Å². The van der Waals surface area contributed by atoms with Crippen LogP contribution in [0, 0.1) is 0 Å². The van der Waals surface area contributed by atoms with Crippen LogP contribution in [0.1, 0.15) is 22.3 Å². The van der Waals surface area contributed by atoms with Gasteiger partial charge < -0.3 is 19.0 Å². The molecule has 0 saturated heterocycles. The fourth-order valence-corrected chi connectivity index (χ4v) is 2.77. The average Bonchev–Trinajstić information content (AvgIpc) is 2.72. The van der Waals surface area contributed by atoms with Crippen molar-refractivity contribution in [2.75, 3.05) is 20.8 Å². The van der Waals surface area contributed by atoms with E-state index in [0.717, 1.165) is 16.7 Å². The van der Waals surface area contributed by atoms with E-state index in [0.29, 0.717) is 36.7 Å². The Morgan fingerprint density at radius 1 is 1.15 bits per heavy atom. The lowest BCUT2D eigenvalue weighted by Crippen LogP contribution is -2.20. The lowest BCUT2D eigenvalue weighted by molar-refractivity contribution is -0.133. The van der Waals surface area contributed by atoms with Crippen molar-refractivity contribution in [3.63, 3.8) is 0 Å². The zero-order chi connectivity index (χ0) is 19.1. The molecule has 0 spiro atoms. The number of hydrogen-bond donors (Lipinski definition) is 0. The second-order valence-corrected chi connectivity index (χ2v) is 5.92. The van der Waals surface area contributed by atoms with Crippen LogP contribution in [-0.2, 0) is 37.1 Å². The summed E-state index contributed by atoms with van der Waals surface area (Å²) in [6.07, 6.45) is 1.37. The molecule has 0 amide bonds. The molecule has 1 aliphatic rings. The summed E-state index contributed by atoms with van der Waals surface area (Å²) >= 11 is 0. The van der Waals surface area contributed by atoms with Gasteiger partial charge in [0.15, 0.2) is 0 Å². The molecular formula is C21H21NO5. The van der Waals surface area contributed by atoms with Gasteiger partial charge in [-0.3, -0.25) is 0 Å².